The van der Waals surface area contributed by atoms with Crippen LogP contribution in [0.3, 0.4) is 0 Å². The lowest BCUT2D eigenvalue weighted by Crippen LogP contribution is -2.48. The summed E-state index contributed by atoms with van der Waals surface area (Å²) in [6.45, 7) is 7.99. The van der Waals surface area contributed by atoms with E-state index < -0.39 is 21.9 Å². The van der Waals surface area contributed by atoms with Gasteiger partial charge in [-0.05, 0) is 62.9 Å². The number of amides is 2. The fraction of sp³-hybridized carbons (Fsp3) is 0.481. The number of halogens is 1. The Kier molecular flexibility index (Phi) is 10.9. The number of nitrogens with zero attached hydrogens (tertiary/aromatic N) is 2. The highest BCUT2D eigenvalue weighted by molar-refractivity contribution is 7.92. The fourth-order valence-corrected chi connectivity index (χ4v) is 4.98. The van der Waals surface area contributed by atoms with E-state index in [9.17, 15) is 22.4 Å². The summed E-state index contributed by atoms with van der Waals surface area (Å²) in [7, 11) is -3.57. The molecule has 0 spiro atoms. The average Bonchev–Trinajstić information content (AvgIpc) is 2.79. The molecule has 9 heteroatoms. The van der Waals surface area contributed by atoms with Crippen LogP contribution in [0.4, 0.5) is 10.1 Å². The van der Waals surface area contributed by atoms with E-state index in [4.69, 9.17) is 0 Å². The predicted molar refractivity (Wildman–Crippen MR) is 142 cm³/mol. The summed E-state index contributed by atoms with van der Waals surface area (Å²) in [6, 6.07) is 10.9. The highest BCUT2D eigenvalue weighted by atomic mass is 32.2. The van der Waals surface area contributed by atoms with Crippen LogP contribution in [-0.2, 0) is 26.2 Å². The summed E-state index contributed by atoms with van der Waals surface area (Å²) in [5.74, 6) is -1.10. The zero-order valence-corrected chi connectivity index (χ0v) is 22.7. The third kappa shape index (κ3) is 8.62. The molecule has 7 nitrogen and oxygen atoms in total. The van der Waals surface area contributed by atoms with Gasteiger partial charge in [0.25, 0.3) is 0 Å². The summed E-state index contributed by atoms with van der Waals surface area (Å²) in [5, 5.41) is 2.83. The summed E-state index contributed by atoms with van der Waals surface area (Å²) in [6.07, 6.45) is 3.14. The Morgan fingerprint density at radius 2 is 1.69 bits per heavy atom. The number of benzene rings is 2. The van der Waals surface area contributed by atoms with E-state index in [2.05, 4.69) is 5.32 Å². The van der Waals surface area contributed by atoms with E-state index in [1.807, 2.05) is 26.8 Å². The Balaban J connectivity index is 2.18. The largest absolute Gasteiger partial charge is 0.354 e. The van der Waals surface area contributed by atoms with Gasteiger partial charge < -0.3 is 10.2 Å². The molecular weight excluding hydrogens is 481 g/mol. The van der Waals surface area contributed by atoms with Gasteiger partial charge in [0.1, 0.15) is 11.9 Å². The minimum absolute atomic E-state index is 0.0118. The van der Waals surface area contributed by atoms with Crippen molar-refractivity contribution in [3.63, 3.8) is 0 Å². The Bertz CT molecular complexity index is 1130. The first kappa shape index (κ1) is 29.3. The molecule has 36 heavy (non-hydrogen) atoms. The zero-order valence-electron chi connectivity index (χ0n) is 21.9. The molecule has 0 aliphatic rings. The number of hydrogen-bond donors (Lipinski definition) is 1. The van der Waals surface area contributed by atoms with Crippen LogP contribution in [0.25, 0.3) is 0 Å². The Labute approximate surface area is 214 Å². The minimum atomic E-state index is -3.57. The number of hydrogen-bond acceptors (Lipinski definition) is 4. The maximum Gasteiger partial charge on any atom is 0.242 e. The Morgan fingerprint density at radius 1 is 1.06 bits per heavy atom. The zero-order chi connectivity index (χ0) is 26.9. The molecule has 0 saturated heterocycles. The average molecular weight is 520 g/mol. The van der Waals surface area contributed by atoms with Crippen LogP contribution < -0.4 is 9.62 Å². The Morgan fingerprint density at radius 3 is 2.28 bits per heavy atom. The molecule has 2 amide bonds. The van der Waals surface area contributed by atoms with Crippen LogP contribution in [0.15, 0.2) is 42.5 Å². The number of rotatable bonds is 13. The van der Waals surface area contributed by atoms with Gasteiger partial charge in [0, 0.05) is 31.6 Å². The van der Waals surface area contributed by atoms with Crippen molar-refractivity contribution in [1.29, 1.82) is 0 Å². The molecule has 1 N–H and O–H groups in total. The van der Waals surface area contributed by atoms with Gasteiger partial charge in [0.05, 0.1) is 11.9 Å². The molecule has 0 aromatic heterocycles. The predicted octanol–water partition coefficient (Wildman–Crippen LogP) is 4.32. The SMILES string of the molecule is CCCCNC(=O)C(C)N(Cc1ccccc1F)C(=O)CCCN(c1cc(C)cc(C)c1)S(C)(=O)=O. The lowest BCUT2D eigenvalue weighted by atomic mass is 10.1. The van der Waals surface area contributed by atoms with Gasteiger partial charge in [-0.15, -0.1) is 0 Å². The summed E-state index contributed by atoms with van der Waals surface area (Å²) < 4.78 is 40.7. The second kappa shape index (κ2) is 13.4. The number of sulfonamides is 1. The number of unbranched alkanes of at least 4 members (excludes halogenated alkanes) is 1. The third-order valence-corrected chi connectivity index (χ3v) is 7.14. The van der Waals surface area contributed by atoms with E-state index in [0.717, 1.165) is 30.2 Å². The summed E-state index contributed by atoms with van der Waals surface area (Å²) in [4.78, 5) is 27.3. The standard InChI is InChI=1S/C27H38FN3O4S/c1-6-7-14-29-27(33)22(4)30(19-23-11-8-9-12-25(23)28)26(32)13-10-15-31(36(5,34)35)24-17-20(2)16-21(3)18-24/h8-9,11-12,16-18,22H,6-7,10,13-15,19H2,1-5H3,(H,29,33). The molecule has 1 atom stereocenters. The molecule has 0 heterocycles. The van der Waals surface area contributed by atoms with Crippen molar-refractivity contribution in [2.24, 2.45) is 0 Å². The molecule has 198 valence electrons. The number of anilines is 1. The Hall–Kier alpha value is -2.94. The van der Waals surface area contributed by atoms with E-state index in [0.29, 0.717) is 17.8 Å². The first-order chi connectivity index (χ1) is 16.9. The maximum absolute atomic E-state index is 14.4. The van der Waals surface area contributed by atoms with E-state index in [-0.39, 0.29) is 37.7 Å². The van der Waals surface area contributed by atoms with Crippen molar-refractivity contribution in [2.75, 3.05) is 23.7 Å². The monoisotopic (exact) mass is 519 g/mol. The van der Waals surface area contributed by atoms with Crippen molar-refractivity contribution >= 4 is 27.5 Å². The number of carbonyl (C=O) groups is 2. The van der Waals surface area contributed by atoms with E-state index in [1.165, 1.54) is 15.3 Å². The van der Waals surface area contributed by atoms with Gasteiger partial charge in [-0.2, -0.15) is 0 Å². The van der Waals surface area contributed by atoms with E-state index >= 15 is 0 Å². The summed E-state index contributed by atoms with van der Waals surface area (Å²) in [5.41, 5.74) is 2.74. The topological polar surface area (TPSA) is 86.8 Å². The van der Waals surface area contributed by atoms with Crippen LogP contribution in [0.2, 0.25) is 0 Å². The smallest absolute Gasteiger partial charge is 0.242 e. The van der Waals surface area contributed by atoms with Crippen LogP contribution in [0, 0.1) is 19.7 Å². The van der Waals surface area contributed by atoms with Gasteiger partial charge in [-0.3, -0.25) is 13.9 Å². The second-order valence-electron chi connectivity index (χ2n) is 9.22. The molecule has 0 aliphatic heterocycles. The molecule has 0 aliphatic carbocycles. The maximum atomic E-state index is 14.4. The third-order valence-electron chi connectivity index (χ3n) is 5.94. The molecule has 0 saturated carbocycles. The quantitative estimate of drug-likeness (QED) is 0.399. The fourth-order valence-electron chi connectivity index (χ4n) is 4.03. The highest BCUT2D eigenvalue weighted by Gasteiger charge is 2.27. The molecule has 0 fully saturated rings. The van der Waals surface area contributed by atoms with Crippen molar-refractivity contribution < 1.29 is 22.4 Å². The molecule has 2 aromatic carbocycles. The van der Waals surface area contributed by atoms with Gasteiger partial charge >= 0.3 is 0 Å². The molecule has 2 aromatic rings. The van der Waals surface area contributed by atoms with Crippen LogP contribution in [0.1, 0.15) is 56.2 Å². The van der Waals surface area contributed by atoms with Gasteiger partial charge in [0.2, 0.25) is 21.8 Å². The first-order valence-electron chi connectivity index (χ1n) is 12.3. The van der Waals surface area contributed by atoms with Gasteiger partial charge in [0.15, 0.2) is 0 Å². The normalized spacial score (nSPS) is 12.2. The lowest BCUT2D eigenvalue weighted by molar-refractivity contribution is -0.140. The summed E-state index contributed by atoms with van der Waals surface area (Å²) >= 11 is 0. The number of nitrogens with one attached hydrogen (secondary N) is 1. The molecule has 0 bridgehead atoms. The highest BCUT2D eigenvalue weighted by Crippen LogP contribution is 2.22. The van der Waals surface area contributed by atoms with Crippen LogP contribution in [0.5, 0.6) is 0 Å². The second-order valence-corrected chi connectivity index (χ2v) is 11.1. The van der Waals surface area contributed by atoms with E-state index in [1.54, 1.807) is 37.3 Å². The van der Waals surface area contributed by atoms with Crippen LogP contribution >= 0.6 is 0 Å². The molecule has 2 rings (SSSR count). The van der Waals surface area contributed by atoms with Crippen molar-refractivity contribution in [3.8, 4) is 0 Å². The minimum Gasteiger partial charge on any atom is -0.354 e. The molecule has 0 radical (unpaired) electrons. The van der Waals surface area contributed by atoms with Crippen molar-refractivity contribution in [3.05, 3.63) is 65.0 Å². The number of aryl methyl sites for hydroxylation is 2. The van der Waals surface area contributed by atoms with Crippen molar-refractivity contribution in [2.45, 2.75) is 66.0 Å². The van der Waals surface area contributed by atoms with Crippen molar-refractivity contribution in [1.82, 2.24) is 10.2 Å². The molecular formula is C27H38FN3O4S. The van der Waals surface area contributed by atoms with Crippen LogP contribution in [-0.4, -0.2) is 50.5 Å². The van der Waals surface area contributed by atoms with Gasteiger partial charge in [-0.1, -0.05) is 37.6 Å². The number of carbonyl (C=O) groups excluding carboxylic acids is 2. The first-order valence-corrected chi connectivity index (χ1v) is 14.2. The lowest BCUT2D eigenvalue weighted by Gasteiger charge is -2.29. The molecule has 1 unspecified atom stereocenters. The van der Waals surface area contributed by atoms with Gasteiger partial charge in [-0.25, -0.2) is 12.8 Å².